The molecule has 1 aromatic heterocycles. The molecule has 0 spiro atoms. The van der Waals surface area contributed by atoms with Crippen molar-refractivity contribution < 1.29 is 14.7 Å². The number of aromatic nitrogens is 1. The summed E-state index contributed by atoms with van der Waals surface area (Å²) in [5.74, 6) is -0.820. The van der Waals surface area contributed by atoms with E-state index in [0.717, 1.165) is 0 Å². The van der Waals surface area contributed by atoms with Crippen molar-refractivity contribution in [3.63, 3.8) is 0 Å². The molecule has 0 saturated carbocycles. The summed E-state index contributed by atoms with van der Waals surface area (Å²) in [6.07, 6.45) is 1.59. The van der Waals surface area contributed by atoms with E-state index in [0.29, 0.717) is 5.82 Å². The van der Waals surface area contributed by atoms with E-state index in [1.54, 1.807) is 31.4 Å². The molecule has 0 radical (unpaired) electrons. The van der Waals surface area contributed by atoms with Gasteiger partial charge in [-0.3, -0.25) is 25.3 Å². The van der Waals surface area contributed by atoms with Crippen molar-refractivity contribution in [2.24, 2.45) is 0 Å². The zero-order chi connectivity index (χ0) is 14.5. The molecule has 0 fully saturated rings. The van der Waals surface area contributed by atoms with Gasteiger partial charge in [0, 0.05) is 6.20 Å². The zero-order valence-corrected chi connectivity index (χ0v) is 11.2. The van der Waals surface area contributed by atoms with E-state index in [2.05, 4.69) is 15.8 Å². The number of likely N-dealkylation sites (N-methyl/N-ethyl adjacent to an activating group) is 1. The van der Waals surface area contributed by atoms with Crippen LogP contribution in [-0.2, 0) is 9.59 Å². The van der Waals surface area contributed by atoms with Crippen LogP contribution < -0.4 is 10.9 Å². The molecule has 0 unspecified atom stereocenters. The van der Waals surface area contributed by atoms with Crippen LogP contribution in [0.15, 0.2) is 24.4 Å². The first-order chi connectivity index (χ1) is 8.84. The van der Waals surface area contributed by atoms with Crippen molar-refractivity contribution in [1.29, 1.82) is 0 Å². The average Bonchev–Trinajstić information content (AvgIpc) is 2.37. The van der Waals surface area contributed by atoms with Crippen molar-refractivity contribution in [2.45, 2.75) is 19.4 Å². The highest BCUT2D eigenvalue weighted by atomic mass is 16.4. The summed E-state index contributed by atoms with van der Waals surface area (Å²) in [5, 5.41) is 9.03. The number of hydrazine groups is 1. The highest BCUT2D eigenvalue weighted by molar-refractivity contribution is 5.82. The molecule has 0 aliphatic heterocycles. The van der Waals surface area contributed by atoms with Gasteiger partial charge in [0.2, 0.25) is 0 Å². The molecule has 19 heavy (non-hydrogen) atoms. The quantitative estimate of drug-likeness (QED) is 0.642. The number of anilines is 1. The molecule has 1 aromatic rings. The SMILES string of the molecule is CN(CC(=O)NNc1ccccn1)C(C)(C)C(=O)O. The summed E-state index contributed by atoms with van der Waals surface area (Å²) in [4.78, 5) is 28.1. The van der Waals surface area contributed by atoms with E-state index in [9.17, 15) is 9.59 Å². The number of hydrogen-bond donors (Lipinski definition) is 3. The minimum Gasteiger partial charge on any atom is -0.480 e. The number of carboxylic acid groups (broad SMARTS) is 1. The smallest absolute Gasteiger partial charge is 0.323 e. The summed E-state index contributed by atoms with van der Waals surface area (Å²) >= 11 is 0. The van der Waals surface area contributed by atoms with Gasteiger partial charge in [-0.2, -0.15) is 0 Å². The topological polar surface area (TPSA) is 94.6 Å². The maximum absolute atomic E-state index is 11.7. The molecular formula is C12H18N4O3. The Morgan fingerprint density at radius 2 is 2.11 bits per heavy atom. The fraction of sp³-hybridized carbons (Fsp3) is 0.417. The molecule has 0 atom stereocenters. The number of carbonyl (C=O) groups is 2. The molecular weight excluding hydrogens is 248 g/mol. The summed E-state index contributed by atoms with van der Waals surface area (Å²) < 4.78 is 0. The molecule has 0 aromatic carbocycles. The van der Waals surface area contributed by atoms with E-state index >= 15 is 0 Å². The van der Waals surface area contributed by atoms with E-state index in [1.165, 1.54) is 18.7 Å². The number of carboxylic acids is 1. The molecule has 3 N–H and O–H groups in total. The maximum atomic E-state index is 11.7. The summed E-state index contributed by atoms with van der Waals surface area (Å²) in [6.45, 7) is 3.03. The number of rotatable bonds is 6. The highest BCUT2D eigenvalue weighted by Gasteiger charge is 2.32. The molecule has 1 rings (SSSR count). The third-order valence-corrected chi connectivity index (χ3v) is 2.85. The molecule has 0 aliphatic rings. The minimum absolute atomic E-state index is 0.0425. The van der Waals surface area contributed by atoms with Gasteiger partial charge in [-0.25, -0.2) is 4.98 Å². The van der Waals surface area contributed by atoms with Crippen LogP contribution in [0.4, 0.5) is 5.82 Å². The first kappa shape index (κ1) is 14.9. The maximum Gasteiger partial charge on any atom is 0.323 e. The first-order valence-corrected chi connectivity index (χ1v) is 5.74. The van der Waals surface area contributed by atoms with Crippen LogP contribution in [-0.4, -0.2) is 46.0 Å². The van der Waals surface area contributed by atoms with Gasteiger partial charge in [0.25, 0.3) is 5.91 Å². The monoisotopic (exact) mass is 266 g/mol. The van der Waals surface area contributed by atoms with Crippen molar-refractivity contribution in [2.75, 3.05) is 19.0 Å². The predicted octanol–water partition coefficient (Wildman–Crippen LogP) is 0.320. The number of amides is 1. The molecule has 7 nitrogen and oxygen atoms in total. The number of nitrogens with zero attached hydrogens (tertiary/aromatic N) is 2. The number of carbonyl (C=O) groups excluding carboxylic acids is 1. The fourth-order valence-corrected chi connectivity index (χ4v) is 1.19. The lowest BCUT2D eigenvalue weighted by molar-refractivity contribution is -0.149. The number of aliphatic carboxylic acids is 1. The normalized spacial score (nSPS) is 11.2. The van der Waals surface area contributed by atoms with Crippen LogP contribution in [0.25, 0.3) is 0 Å². The summed E-state index contributed by atoms with van der Waals surface area (Å²) in [5.41, 5.74) is 3.99. The van der Waals surface area contributed by atoms with E-state index in [4.69, 9.17) is 5.11 Å². The van der Waals surface area contributed by atoms with Crippen LogP contribution in [0.3, 0.4) is 0 Å². The third kappa shape index (κ3) is 4.22. The lowest BCUT2D eigenvalue weighted by Crippen LogP contribution is -2.52. The summed E-state index contributed by atoms with van der Waals surface area (Å²) in [7, 11) is 1.58. The highest BCUT2D eigenvalue weighted by Crippen LogP contribution is 2.11. The Morgan fingerprint density at radius 1 is 1.42 bits per heavy atom. The largest absolute Gasteiger partial charge is 0.480 e. The molecule has 1 heterocycles. The van der Waals surface area contributed by atoms with Gasteiger partial charge < -0.3 is 5.11 Å². The van der Waals surface area contributed by atoms with Crippen LogP contribution in [0.2, 0.25) is 0 Å². The Balaban J connectivity index is 2.46. The molecule has 104 valence electrons. The van der Waals surface area contributed by atoms with Crippen LogP contribution >= 0.6 is 0 Å². The standard InChI is InChI=1S/C12H18N4O3/c1-12(2,11(18)19)16(3)8-10(17)15-14-9-6-4-5-7-13-9/h4-7H,8H2,1-3H3,(H,13,14)(H,15,17)(H,18,19). The molecule has 0 bridgehead atoms. The van der Waals surface area contributed by atoms with Crippen LogP contribution in [0.5, 0.6) is 0 Å². The van der Waals surface area contributed by atoms with Crippen LogP contribution in [0.1, 0.15) is 13.8 Å². The second-order valence-corrected chi connectivity index (χ2v) is 4.61. The average molecular weight is 266 g/mol. The number of hydrogen-bond acceptors (Lipinski definition) is 5. The fourth-order valence-electron chi connectivity index (χ4n) is 1.19. The van der Waals surface area contributed by atoms with E-state index in [1.807, 2.05) is 0 Å². The molecule has 7 heteroatoms. The third-order valence-electron chi connectivity index (χ3n) is 2.85. The molecule has 1 amide bonds. The van der Waals surface area contributed by atoms with Gasteiger partial charge >= 0.3 is 5.97 Å². The predicted molar refractivity (Wildman–Crippen MR) is 70.3 cm³/mol. The first-order valence-electron chi connectivity index (χ1n) is 5.74. The van der Waals surface area contributed by atoms with E-state index < -0.39 is 11.5 Å². The Hall–Kier alpha value is -2.15. The van der Waals surface area contributed by atoms with Crippen molar-refractivity contribution >= 4 is 17.7 Å². The van der Waals surface area contributed by atoms with Crippen LogP contribution in [0, 0.1) is 0 Å². The Kier molecular flexibility index (Phi) is 4.82. The zero-order valence-electron chi connectivity index (χ0n) is 11.2. The lowest BCUT2D eigenvalue weighted by atomic mass is 10.0. The Labute approximate surface area is 111 Å². The molecule has 0 saturated heterocycles. The second-order valence-electron chi connectivity index (χ2n) is 4.61. The van der Waals surface area contributed by atoms with Gasteiger partial charge in [-0.15, -0.1) is 0 Å². The Morgan fingerprint density at radius 3 is 2.63 bits per heavy atom. The number of pyridine rings is 1. The van der Waals surface area contributed by atoms with Crippen molar-refractivity contribution in [1.82, 2.24) is 15.3 Å². The molecule has 0 aliphatic carbocycles. The van der Waals surface area contributed by atoms with Crippen molar-refractivity contribution in [3.8, 4) is 0 Å². The van der Waals surface area contributed by atoms with Gasteiger partial charge in [0.05, 0.1) is 6.54 Å². The second kappa shape index (κ2) is 6.14. The number of nitrogens with one attached hydrogen (secondary N) is 2. The van der Waals surface area contributed by atoms with Gasteiger partial charge in [-0.1, -0.05) is 6.07 Å². The lowest BCUT2D eigenvalue weighted by Gasteiger charge is -2.30. The van der Waals surface area contributed by atoms with Gasteiger partial charge in [0.1, 0.15) is 11.4 Å². The Bertz CT molecular complexity index is 448. The van der Waals surface area contributed by atoms with E-state index in [-0.39, 0.29) is 12.5 Å². The van der Waals surface area contributed by atoms with Crippen molar-refractivity contribution in [3.05, 3.63) is 24.4 Å². The summed E-state index contributed by atoms with van der Waals surface area (Å²) in [6, 6.07) is 5.24. The minimum atomic E-state index is -1.11. The van der Waals surface area contributed by atoms with Gasteiger partial charge in [-0.05, 0) is 33.0 Å². The van der Waals surface area contributed by atoms with Gasteiger partial charge in [0.15, 0.2) is 0 Å².